The van der Waals surface area contributed by atoms with Gasteiger partial charge in [-0.05, 0) is 74.6 Å². The van der Waals surface area contributed by atoms with Crippen molar-refractivity contribution in [3.63, 3.8) is 0 Å². The minimum atomic E-state index is -0.190. The number of hydrogen-bond acceptors (Lipinski definition) is 3. The quantitative estimate of drug-likeness (QED) is 0.400. The van der Waals surface area contributed by atoms with Crippen molar-refractivity contribution in [1.29, 1.82) is 0 Å². The highest BCUT2D eigenvalue weighted by Crippen LogP contribution is 2.13. The van der Waals surface area contributed by atoms with E-state index in [1.807, 2.05) is 62.0 Å². The molecule has 6 heteroatoms. The highest BCUT2D eigenvalue weighted by Gasteiger charge is 2.12. The molecule has 6 nitrogen and oxygen atoms in total. The van der Waals surface area contributed by atoms with Crippen LogP contribution in [0.2, 0.25) is 0 Å². The van der Waals surface area contributed by atoms with E-state index in [2.05, 4.69) is 41.7 Å². The Morgan fingerprint density at radius 2 is 1.88 bits per heavy atom. The van der Waals surface area contributed by atoms with E-state index in [0.717, 1.165) is 47.5 Å². The zero-order valence-corrected chi connectivity index (χ0v) is 19.7. The first-order valence-corrected chi connectivity index (χ1v) is 11.2. The molecule has 0 spiro atoms. The third-order valence-corrected chi connectivity index (χ3v) is 5.51. The van der Waals surface area contributed by atoms with Gasteiger partial charge < -0.3 is 5.32 Å². The van der Waals surface area contributed by atoms with Gasteiger partial charge in [-0.25, -0.2) is 4.99 Å². The third kappa shape index (κ3) is 6.06. The fraction of sp³-hybridized carbons (Fsp3) is 0.346. The van der Waals surface area contributed by atoms with E-state index < -0.39 is 0 Å². The van der Waals surface area contributed by atoms with Crippen molar-refractivity contribution in [3.8, 4) is 0 Å². The second kappa shape index (κ2) is 10.8. The summed E-state index contributed by atoms with van der Waals surface area (Å²) in [7, 11) is 0. The number of nitrogens with one attached hydrogen (secondary N) is 2. The van der Waals surface area contributed by atoms with E-state index in [9.17, 15) is 4.79 Å². The number of anilines is 1. The molecule has 1 aromatic heterocycles. The largest absolute Gasteiger partial charge is 0.326 e. The lowest BCUT2D eigenvalue weighted by molar-refractivity contribution is 0.0977. The average molecular weight is 432 g/mol. The molecule has 0 fully saturated rings. The Labute approximate surface area is 190 Å². The Balaban J connectivity index is 1.85. The lowest BCUT2D eigenvalue weighted by Crippen LogP contribution is -2.36. The van der Waals surface area contributed by atoms with Gasteiger partial charge in [-0.3, -0.25) is 14.8 Å². The number of benzene rings is 2. The highest BCUT2D eigenvalue weighted by molar-refractivity contribution is 6.10. The molecule has 1 heterocycles. The number of amides is 1. The molecular formula is C26H33N5O. The molecule has 0 saturated carbocycles. The van der Waals surface area contributed by atoms with Gasteiger partial charge in [0.1, 0.15) is 0 Å². The van der Waals surface area contributed by atoms with Crippen LogP contribution in [-0.2, 0) is 19.5 Å². The number of aliphatic imine (C=N–C) groups is 1. The van der Waals surface area contributed by atoms with Crippen LogP contribution in [-0.4, -0.2) is 21.6 Å². The summed E-state index contributed by atoms with van der Waals surface area (Å²) in [5, 5.41) is 10.8. The Bertz CT molecular complexity index is 1110. The maximum Gasteiger partial charge on any atom is 0.257 e. The summed E-state index contributed by atoms with van der Waals surface area (Å²) < 4.78 is 1.95. The third-order valence-electron chi connectivity index (χ3n) is 5.51. The SMILES string of the molecule is CCCn1cc(CN=C(NC(=O)c2ccc(C)c(C)c2)Nc2cccc(CC)c2)c(C)n1. The summed E-state index contributed by atoms with van der Waals surface area (Å²) >= 11 is 0. The Kier molecular flexibility index (Phi) is 7.82. The normalized spacial score (nSPS) is 11.5. The number of hydrogen-bond donors (Lipinski definition) is 2. The summed E-state index contributed by atoms with van der Waals surface area (Å²) in [4.78, 5) is 17.7. The summed E-state index contributed by atoms with van der Waals surface area (Å²) in [6, 6.07) is 13.8. The molecule has 168 valence electrons. The molecule has 3 aromatic rings. The van der Waals surface area contributed by atoms with E-state index >= 15 is 0 Å². The molecule has 0 saturated heterocycles. The fourth-order valence-corrected chi connectivity index (χ4v) is 3.40. The van der Waals surface area contributed by atoms with Crippen LogP contribution in [0, 0.1) is 20.8 Å². The van der Waals surface area contributed by atoms with Crippen LogP contribution in [0.25, 0.3) is 0 Å². The van der Waals surface area contributed by atoms with Crippen molar-refractivity contribution in [2.75, 3.05) is 5.32 Å². The first kappa shape index (κ1) is 23.3. The van der Waals surface area contributed by atoms with Gasteiger partial charge in [0.05, 0.1) is 12.2 Å². The summed E-state index contributed by atoms with van der Waals surface area (Å²) in [6.45, 7) is 11.6. The van der Waals surface area contributed by atoms with Crippen LogP contribution in [0.4, 0.5) is 5.69 Å². The molecule has 3 rings (SSSR count). The predicted octanol–water partition coefficient (Wildman–Crippen LogP) is 5.18. The summed E-state index contributed by atoms with van der Waals surface area (Å²) in [5.74, 6) is 0.230. The Morgan fingerprint density at radius 1 is 1.06 bits per heavy atom. The maximum absolute atomic E-state index is 13.0. The van der Waals surface area contributed by atoms with Crippen molar-refractivity contribution in [2.24, 2.45) is 4.99 Å². The molecule has 0 aliphatic carbocycles. The van der Waals surface area contributed by atoms with E-state index in [1.165, 1.54) is 5.56 Å². The molecule has 2 N–H and O–H groups in total. The van der Waals surface area contributed by atoms with Crippen molar-refractivity contribution in [1.82, 2.24) is 15.1 Å². The molecule has 32 heavy (non-hydrogen) atoms. The van der Waals surface area contributed by atoms with Crippen molar-refractivity contribution in [2.45, 2.75) is 60.5 Å². The Morgan fingerprint density at radius 3 is 2.59 bits per heavy atom. The molecular weight excluding hydrogens is 398 g/mol. The van der Waals surface area contributed by atoms with E-state index in [4.69, 9.17) is 4.99 Å². The summed E-state index contributed by atoms with van der Waals surface area (Å²) in [6.07, 6.45) is 3.99. The standard InChI is InChI=1S/C26H33N5O/c1-6-13-31-17-23(20(5)30-31)16-27-26(28-24-10-8-9-21(7-2)15-24)29-25(32)22-12-11-18(3)19(4)14-22/h8-12,14-15,17H,6-7,13,16H2,1-5H3,(H2,27,28,29,32). The highest BCUT2D eigenvalue weighted by atomic mass is 16.1. The van der Waals surface area contributed by atoms with Gasteiger partial charge in [-0.15, -0.1) is 0 Å². The lowest BCUT2D eigenvalue weighted by Gasteiger charge is -2.13. The zero-order chi connectivity index (χ0) is 23.1. The van der Waals surface area contributed by atoms with Crippen LogP contribution in [0.1, 0.15) is 58.6 Å². The van der Waals surface area contributed by atoms with Crippen molar-refractivity contribution in [3.05, 3.63) is 82.2 Å². The van der Waals surface area contributed by atoms with Gasteiger partial charge in [0.2, 0.25) is 5.96 Å². The minimum absolute atomic E-state index is 0.190. The molecule has 0 aliphatic heterocycles. The monoisotopic (exact) mass is 431 g/mol. The van der Waals surface area contributed by atoms with Crippen LogP contribution in [0.3, 0.4) is 0 Å². The first-order chi connectivity index (χ1) is 15.4. The smallest absolute Gasteiger partial charge is 0.257 e. The van der Waals surface area contributed by atoms with Gasteiger partial charge in [0.25, 0.3) is 5.91 Å². The number of carbonyl (C=O) groups excluding carboxylic acids is 1. The molecule has 1 amide bonds. The predicted molar refractivity (Wildman–Crippen MR) is 131 cm³/mol. The molecule has 2 aromatic carbocycles. The minimum Gasteiger partial charge on any atom is -0.326 e. The fourth-order valence-electron chi connectivity index (χ4n) is 3.40. The van der Waals surface area contributed by atoms with E-state index in [1.54, 1.807) is 0 Å². The first-order valence-electron chi connectivity index (χ1n) is 11.2. The van der Waals surface area contributed by atoms with Gasteiger partial charge in [-0.2, -0.15) is 5.10 Å². The van der Waals surface area contributed by atoms with Crippen molar-refractivity contribution < 1.29 is 4.79 Å². The van der Waals surface area contributed by atoms with Gasteiger partial charge in [-0.1, -0.05) is 32.0 Å². The van der Waals surface area contributed by atoms with Crippen LogP contribution in [0.15, 0.2) is 53.7 Å². The summed E-state index contributed by atoms with van der Waals surface area (Å²) in [5.41, 5.74) is 6.95. The van der Waals surface area contributed by atoms with Crippen molar-refractivity contribution >= 4 is 17.6 Å². The molecule has 0 radical (unpaired) electrons. The molecule has 0 aliphatic rings. The van der Waals surface area contributed by atoms with Gasteiger partial charge >= 0.3 is 0 Å². The topological polar surface area (TPSA) is 71.3 Å². The van der Waals surface area contributed by atoms with E-state index in [0.29, 0.717) is 18.1 Å². The van der Waals surface area contributed by atoms with Gasteiger partial charge in [0.15, 0.2) is 0 Å². The Hall–Kier alpha value is -3.41. The number of guanidine groups is 1. The van der Waals surface area contributed by atoms with Crippen LogP contribution >= 0.6 is 0 Å². The second-order valence-corrected chi connectivity index (χ2v) is 8.10. The molecule has 0 unspecified atom stereocenters. The molecule has 0 bridgehead atoms. The number of carbonyl (C=O) groups is 1. The number of rotatable bonds is 7. The van der Waals surface area contributed by atoms with Crippen LogP contribution in [0.5, 0.6) is 0 Å². The maximum atomic E-state index is 13.0. The average Bonchev–Trinajstić information content (AvgIpc) is 3.13. The number of nitrogens with zero attached hydrogens (tertiary/aromatic N) is 3. The number of aryl methyl sites for hydroxylation is 5. The second-order valence-electron chi connectivity index (χ2n) is 8.10. The number of aromatic nitrogens is 2. The lowest BCUT2D eigenvalue weighted by atomic mass is 10.1. The zero-order valence-electron chi connectivity index (χ0n) is 19.7. The molecule has 0 atom stereocenters. The van der Waals surface area contributed by atoms with Gasteiger partial charge in [0, 0.05) is 29.6 Å². The van der Waals surface area contributed by atoms with E-state index in [-0.39, 0.29) is 5.91 Å². The van der Waals surface area contributed by atoms with Crippen LogP contribution < -0.4 is 10.6 Å².